The van der Waals surface area contributed by atoms with E-state index in [1.807, 2.05) is 4.72 Å². The summed E-state index contributed by atoms with van der Waals surface area (Å²) in [5, 5.41) is 2.64. The number of nitrogens with zero attached hydrogens (tertiary/aromatic N) is 6. The topological polar surface area (TPSA) is 206 Å². The first-order valence-electron chi connectivity index (χ1n) is 17.8. The molecule has 0 bridgehead atoms. The van der Waals surface area contributed by atoms with Crippen molar-refractivity contribution in [3.63, 3.8) is 0 Å². The number of pyridine rings is 2. The number of rotatable bonds is 13. The van der Waals surface area contributed by atoms with Gasteiger partial charge in [-0.05, 0) is 60.7 Å². The van der Waals surface area contributed by atoms with Crippen LogP contribution >= 0.6 is 0 Å². The lowest BCUT2D eigenvalue weighted by Crippen LogP contribution is -2.45. The number of carbonyl (C=O) groups is 2. The standard InChI is InChI=1S/C39H34F2N8O8S/c1-48-33-20-42-13-12-27(33)37(51)49(39(48)53)35-11-6-22(17-45-35)14-32(38(52)57-25-4-3-5-25)46-36(50)28-15-30(41)31(16-29(28)40)47-58(54,55)26-9-7-23(8-10-26)24-18-43-34(21-56-2)44-19-24/h6-13,15-20,25,32,47H,3-5,14,21H2,1-2H3,(H,46,50)/t32-/m0/s1. The minimum absolute atomic E-state index is 0.00433. The van der Waals surface area contributed by atoms with Gasteiger partial charge in [0.25, 0.3) is 21.5 Å². The summed E-state index contributed by atoms with van der Waals surface area (Å²) in [6, 6.07) is 9.53. The predicted octanol–water partition coefficient (Wildman–Crippen LogP) is 3.60. The summed E-state index contributed by atoms with van der Waals surface area (Å²) >= 11 is 0. The molecule has 1 fully saturated rings. The van der Waals surface area contributed by atoms with Crippen molar-refractivity contribution in [1.29, 1.82) is 0 Å². The number of carbonyl (C=O) groups excluding carboxylic acids is 2. The van der Waals surface area contributed by atoms with E-state index in [0.717, 1.165) is 11.0 Å². The van der Waals surface area contributed by atoms with Gasteiger partial charge in [-0.3, -0.25) is 23.9 Å². The second-order valence-corrected chi connectivity index (χ2v) is 15.1. The van der Waals surface area contributed by atoms with Gasteiger partial charge < -0.3 is 14.8 Å². The molecule has 0 saturated heterocycles. The van der Waals surface area contributed by atoms with E-state index >= 15 is 8.78 Å². The quantitative estimate of drug-likeness (QED) is 0.161. The minimum atomic E-state index is -4.42. The van der Waals surface area contributed by atoms with Crippen molar-refractivity contribution in [2.45, 2.75) is 49.3 Å². The molecular weight excluding hydrogens is 779 g/mol. The van der Waals surface area contributed by atoms with Crippen LogP contribution in [0.5, 0.6) is 0 Å². The SMILES string of the molecule is COCc1ncc(-c2ccc(S(=O)(=O)Nc3cc(F)c(C(=O)N[C@@H](Cc4ccc(-n5c(=O)c6ccncc6n(C)c5=O)nc4)C(=O)OC4CCC4)cc3F)cc2)cn1. The maximum absolute atomic E-state index is 15.5. The Bertz CT molecular complexity index is 2760. The lowest BCUT2D eigenvalue weighted by Gasteiger charge is -2.28. The van der Waals surface area contributed by atoms with Crippen molar-refractivity contribution in [3.05, 3.63) is 135 Å². The zero-order valence-electron chi connectivity index (χ0n) is 30.9. The van der Waals surface area contributed by atoms with Crippen LogP contribution in [0.1, 0.15) is 41.0 Å². The molecule has 58 heavy (non-hydrogen) atoms. The number of halogens is 2. The zero-order valence-corrected chi connectivity index (χ0v) is 31.7. The van der Waals surface area contributed by atoms with Crippen LogP contribution in [0, 0.1) is 11.6 Å². The molecule has 19 heteroatoms. The molecule has 0 aliphatic heterocycles. The van der Waals surface area contributed by atoms with E-state index in [1.165, 1.54) is 79.8 Å². The van der Waals surface area contributed by atoms with E-state index < -0.39 is 62.1 Å². The number of aromatic nitrogens is 6. The van der Waals surface area contributed by atoms with Crippen molar-refractivity contribution >= 4 is 38.5 Å². The van der Waals surface area contributed by atoms with E-state index in [2.05, 4.69) is 25.3 Å². The van der Waals surface area contributed by atoms with Gasteiger partial charge in [-0.15, -0.1) is 0 Å². The fraction of sp³-hybridized carbons (Fsp3) is 0.231. The lowest BCUT2D eigenvalue weighted by atomic mass is 9.96. The summed E-state index contributed by atoms with van der Waals surface area (Å²) in [5.74, 6) is -4.09. The highest BCUT2D eigenvalue weighted by atomic mass is 32.2. The maximum Gasteiger partial charge on any atom is 0.337 e. The van der Waals surface area contributed by atoms with Crippen LogP contribution < -0.4 is 21.3 Å². The van der Waals surface area contributed by atoms with Gasteiger partial charge in [0.05, 0.1) is 33.2 Å². The average Bonchev–Trinajstić information content (AvgIpc) is 3.20. The molecule has 4 heterocycles. The largest absolute Gasteiger partial charge is 0.461 e. The Kier molecular flexibility index (Phi) is 11.2. The smallest absolute Gasteiger partial charge is 0.337 e. The van der Waals surface area contributed by atoms with E-state index in [0.29, 0.717) is 53.0 Å². The molecule has 298 valence electrons. The van der Waals surface area contributed by atoms with Crippen molar-refractivity contribution in [2.75, 3.05) is 11.8 Å². The number of sulfonamides is 1. The molecule has 1 atom stereocenters. The second-order valence-electron chi connectivity index (χ2n) is 13.4. The number of aryl methyl sites for hydroxylation is 1. The van der Waals surface area contributed by atoms with Gasteiger partial charge in [0, 0.05) is 57.0 Å². The predicted molar refractivity (Wildman–Crippen MR) is 204 cm³/mol. The van der Waals surface area contributed by atoms with Crippen LogP contribution in [0.15, 0.2) is 100 Å². The average molecular weight is 813 g/mol. The third-order valence-electron chi connectivity index (χ3n) is 9.50. The first kappa shape index (κ1) is 39.5. The molecule has 0 unspecified atom stereocenters. The monoisotopic (exact) mass is 812 g/mol. The van der Waals surface area contributed by atoms with E-state index in [-0.39, 0.29) is 35.2 Å². The van der Waals surface area contributed by atoms with E-state index in [4.69, 9.17) is 9.47 Å². The molecule has 1 aliphatic carbocycles. The van der Waals surface area contributed by atoms with Crippen molar-refractivity contribution in [2.24, 2.45) is 7.05 Å². The molecule has 7 rings (SSSR count). The van der Waals surface area contributed by atoms with Gasteiger partial charge in [0.2, 0.25) is 0 Å². The molecule has 1 amide bonds. The van der Waals surface area contributed by atoms with Crippen LogP contribution in [0.25, 0.3) is 27.8 Å². The van der Waals surface area contributed by atoms with E-state index in [9.17, 15) is 27.6 Å². The van der Waals surface area contributed by atoms with Crippen LogP contribution in [0.2, 0.25) is 0 Å². The summed E-state index contributed by atoms with van der Waals surface area (Å²) in [4.78, 5) is 69.3. The Morgan fingerprint density at radius 2 is 1.67 bits per heavy atom. The number of anilines is 1. The molecule has 1 aliphatic rings. The first-order chi connectivity index (χ1) is 27.8. The van der Waals surface area contributed by atoms with Crippen molar-refractivity contribution in [3.8, 4) is 16.9 Å². The Morgan fingerprint density at radius 3 is 2.33 bits per heavy atom. The first-order valence-corrected chi connectivity index (χ1v) is 19.3. The highest BCUT2D eigenvalue weighted by Crippen LogP contribution is 2.26. The Labute approximate surface area is 328 Å². The van der Waals surface area contributed by atoms with Crippen LogP contribution in [-0.2, 0) is 44.4 Å². The number of esters is 1. The van der Waals surface area contributed by atoms with Gasteiger partial charge in [-0.2, -0.15) is 0 Å². The number of methoxy groups -OCH3 is 1. The minimum Gasteiger partial charge on any atom is -0.461 e. The van der Waals surface area contributed by atoms with Gasteiger partial charge >= 0.3 is 11.7 Å². The fourth-order valence-corrected chi connectivity index (χ4v) is 7.16. The molecule has 6 aromatic rings. The van der Waals surface area contributed by atoms with Crippen LogP contribution in [-0.4, -0.2) is 68.6 Å². The normalized spacial score (nSPS) is 13.4. The molecule has 1 saturated carbocycles. The fourth-order valence-electron chi connectivity index (χ4n) is 6.10. The van der Waals surface area contributed by atoms with Gasteiger partial charge in [0.15, 0.2) is 5.82 Å². The van der Waals surface area contributed by atoms with Gasteiger partial charge in [-0.1, -0.05) is 18.2 Å². The zero-order chi connectivity index (χ0) is 41.1. The third-order valence-corrected chi connectivity index (χ3v) is 10.9. The summed E-state index contributed by atoms with van der Waals surface area (Å²) in [5.41, 5.74) is -0.944. The number of hydrogen-bond donors (Lipinski definition) is 2. The number of amides is 1. The van der Waals surface area contributed by atoms with Crippen molar-refractivity contribution in [1.82, 2.24) is 34.4 Å². The molecule has 0 spiro atoms. The summed E-state index contributed by atoms with van der Waals surface area (Å²) in [7, 11) is -1.43. The van der Waals surface area contributed by atoms with Gasteiger partial charge in [-0.25, -0.2) is 46.3 Å². The highest BCUT2D eigenvalue weighted by Gasteiger charge is 2.30. The Balaban J connectivity index is 1.07. The molecular formula is C39H34F2N8O8S. The molecule has 4 aromatic heterocycles. The van der Waals surface area contributed by atoms with Crippen LogP contribution in [0.3, 0.4) is 0 Å². The van der Waals surface area contributed by atoms with E-state index in [1.54, 1.807) is 12.4 Å². The third kappa shape index (κ3) is 8.21. The second kappa shape index (κ2) is 16.4. The lowest BCUT2D eigenvalue weighted by molar-refractivity contribution is -0.155. The Hall–Kier alpha value is -6.73. The summed E-state index contributed by atoms with van der Waals surface area (Å²) in [6.07, 6.45) is 8.71. The summed E-state index contributed by atoms with van der Waals surface area (Å²) < 4.78 is 71.8. The highest BCUT2D eigenvalue weighted by molar-refractivity contribution is 7.92. The van der Waals surface area contributed by atoms with Crippen molar-refractivity contribution < 1.29 is 36.3 Å². The number of ether oxygens (including phenoxy) is 2. The number of fused-ring (bicyclic) bond motifs is 1. The maximum atomic E-state index is 15.5. The number of nitrogens with one attached hydrogen (secondary N) is 2. The molecule has 2 aromatic carbocycles. The number of benzene rings is 2. The molecule has 0 radical (unpaired) electrons. The van der Waals surface area contributed by atoms with Gasteiger partial charge in [0.1, 0.15) is 36.2 Å². The molecule has 16 nitrogen and oxygen atoms in total. The Morgan fingerprint density at radius 1 is 0.931 bits per heavy atom. The summed E-state index contributed by atoms with van der Waals surface area (Å²) in [6.45, 7) is 0.221. The number of hydrogen-bond acceptors (Lipinski definition) is 12. The van der Waals surface area contributed by atoms with Crippen LogP contribution in [0.4, 0.5) is 14.5 Å². The molecule has 2 N–H and O–H groups in total.